The molecule has 0 bridgehead atoms. The number of nitrogens with one attached hydrogen (secondary N) is 1. The van der Waals surface area contributed by atoms with E-state index in [-0.39, 0.29) is 24.0 Å². The lowest BCUT2D eigenvalue weighted by Gasteiger charge is -2.37. The number of halogens is 3. The molecule has 1 N–H and O–H groups in total. The third kappa shape index (κ3) is 9.05. The fraction of sp³-hybridized carbons (Fsp3) is 0.606. The van der Waals surface area contributed by atoms with Crippen LogP contribution in [0.5, 0.6) is 0 Å². The molecule has 1 amide bonds. The number of carbonyl (C=O) groups is 1. The molecule has 4 rings (SSSR count). The van der Waals surface area contributed by atoms with Crippen molar-refractivity contribution in [3.63, 3.8) is 0 Å². The Morgan fingerprint density at radius 3 is 2.14 bits per heavy atom. The average molecular weight is 638 g/mol. The number of sulfone groups is 1. The zero-order chi connectivity index (χ0) is 31.9. The molecule has 244 valence electrons. The maximum absolute atomic E-state index is 12.8. The molecule has 44 heavy (non-hydrogen) atoms. The predicted octanol–water partition coefficient (Wildman–Crippen LogP) is 7.05. The van der Waals surface area contributed by atoms with Gasteiger partial charge in [-0.15, -0.1) is 0 Å². The number of hydrogen-bond donors (Lipinski definition) is 1. The Morgan fingerprint density at radius 1 is 1.00 bits per heavy atom. The first kappa shape index (κ1) is 33.9. The molecule has 2 saturated carbocycles. The molecule has 2 aliphatic carbocycles. The second kappa shape index (κ2) is 14.9. The predicted molar refractivity (Wildman–Crippen MR) is 166 cm³/mol. The van der Waals surface area contributed by atoms with Gasteiger partial charge in [0.05, 0.1) is 11.0 Å². The topological polar surface area (TPSA) is 79.0 Å². The second-order valence-electron chi connectivity index (χ2n) is 12.5. The number of ether oxygens (including phenoxy) is 1. The van der Waals surface area contributed by atoms with Gasteiger partial charge in [-0.25, -0.2) is 8.42 Å². The molecule has 1 aliphatic heterocycles. The first-order chi connectivity index (χ1) is 20.9. The van der Waals surface area contributed by atoms with Gasteiger partial charge >= 0.3 is 5.51 Å². The van der Waals surface area contributed by atoms with Crippen LogP contribution in [0.2, 0.25) is 0 Å². The summed E-state index contributed by atoms with van der Waals surface area (Å²) in [6.07, 6.45) is 14.7. The van der Waals surface area contributed by atoms with Gasteiger partial charge in [0.1, 0.15) is 5.76 Å². The molecule has 3 aliphatic rings. The van der Waals surface area contributed by atoms with Gasteiger partial charge < -0.3 is 19.9 Å². The number of benzene rings is 1. The summed E-state index contributed by atoms with van der Waals surface area (Å²) in [6.45, 7) is 11.2. The van der Waals surface area contributed by atoms with Crippen molar-refractivity contribution in [1.82, 2.24) is 9.80 Å². The number of alkyl halides is 3. The van der Waals surface area contributed by atoms with E-state index in [2.05, 4.69) is 36.7 Å². The van der Waals surface area contributed by atoms with Gasteiger partial charge in [0, 0.05) is 56.1 Å². The molecular formula is C33H46F3N3O4S. The summed E-state index contributed by atoms with van der Waals surface area (Å²) in [7, 11) is -5.36. The lowest BCUT2D eigenvalue weighted by molar-refractivity contribution is -0.133. The van der Waals surface area contributed by atoms with E-state index < -0.39 is 20.2 Å². The van der Waals surface area contributed by atoms with E-state index in [1.165, 1.54) is 37.8 Å². The van der Waals surface area contributed by atoms with E-state index in [9.17, 15) is 26.4 Å². The molecule has 0 radical (unpaired) electrons. The minimum Gasteiger partial charge on any atom is -0.491 e. The Bertz CT molecular complexity index is 1290. The number of hydrogen-bond acceptors (Lipinski definition) is 6. The summed E-state index contributed by atoms with van der Waals surface area (Å²) in [5.74, 6) is 1.91. The molecule has 0 unspecified atom stereocenters. The first-order valence-corrected chi connectivity index (χ1v) is 17.3. The smallest absolute Gasteiger partial charge is 0.491 e. The van der Waals surface area contributed by atoms with Crippen molar-refractivity contribution in [3.05, 3.63) is 60.5 Å². The lowest BCUT2D eigenvalue weighted by atomic mass is 9.92. The van der Waals surface area contributed by atoms with Crippen LogP contribution in [0, 0.1) is 11.8 Å². The molecule has 1 aromatic rings. The van der Waals surface area contributed by atoms with Crippen LogP contribution < -0.4 is 5.32 Å². The Kier molecular flexibility index (Phi) is 11.5. The Morgan fingerprint density at radius 2 is 1.59 bits per heavy atom. The normalized spacial score (nSPS) is 22.8. The van der Waals surface area contributed by atoms with Crippen LogP contribution in [-0.2, 0) is 19.4 Å². The van der Waals surface area contributed by atoms with E-state index in [1.807, 2.05) is 17.1 Å². The van der Waals surface area contributed by atoms with Gasteiger partial charge in [-0.3, -0.25) is 4.79 Å². The highest BCUT2D eigenvalue weighted by molar-refractivity contribution is 7.92. The van der Waals surface area contributed by atoms with Gasteiger partial charge in [0.2, 0.25) is 5.91 Å². The molecule has 1 heterocycles. The minimum atomic E-state index is -5.36. The van der Waals surface area contributed by atoms with E-state index in [0.717, 1.165) is 62.4 Å². The average Bonchev–Trinajstić information content (AvgIpc) is 3.49. The van der Waals surface area contributed by atoms with Crippen molar-refractivity contribution in [2.24, 2.45) is 11.8 Å². The Hall–Kier alpha value is -2.95. The van der Waals surface area contributed by atoms with E-state index in [1.54, 1.807) is 0 Å². The van der Waals surface area contributed by atoms with Gasteiger partial charge in [-0.1, -0.05) is 33.3 Å². The summed E-state index contributed by atoms with van der Waals surface area (Å²) in [4.78, 5) is 16.3. The quantitative estimate of drug-likeness (QED) is 0.207. The maximum Gasteiger partial charge on any atom is 0.501 e. The zero-order valence-electron chi connectivity index (χ0n) is 25.8. The highest BCUT2D eigenvalue weighted by Crippen LogP contribution is 2.32. The summed E-state index contributed by atoms with van der Waals surface area (Å²) in [5.41, 5.74) is -3.77. The molecule has 1 saturated heterocycles. The van der Waals surface area contributed by atoms with Gasteiger partial charge in [-0.05, 0) is 86.8 Å². The van der Waals surface area contributed by atoms with Crippen molar-refractivity contribution in [2.75, 3.05) is 31.5 Å². The SMILES string of the molecule is C=C/C(=C\C(=C/C(C)C)O[C@H]1CC[C@H](Nc2ccc(S(=O)(=O)C(F)(F)F)cc2)CC1)N1CCN(C(=O)CC2CCCC2)CC1. The van der Waals surface area contributed by atoms with E-state index >= 15 is 0 Å². The molecular weight excluding hydrogens is 591 g/mol. The minimum absolute atomic E-state index is 0.0183. The molecule has 0 aromatic heterocycles. The monoisotopic (exact) mass is 637 g/mol. The fourth-order valence-electron chi connectivity index (χ4n) is 6.30. The van der Waals surface area contributed by atoms with E-state index in [0.29, 0.717) is 31.1 Å². The molecule has 1 aromatic carbocycles. The van der Waals surface area contributed by atoms with Crippen LogP contribution in [0.15, 0.2) is 65.4 Å². The van der Waals surface area contributed by atoms with Crippen molar-refractivity contribution >= 4 is 21.4 Å². The second-order valence-corrected chi connectivity index (χ2v) is 14.5. The number of rotatable bonds is 11. The van der Waals surface area contributed by atoms with Crippen molar-refractivity contribution in [2.45, 2.75) is 94.2 Å². The summed E-state index contributed by atoms with van der Waals surface area (Å²) >= 11 is 0. The standard InChI is InChI=1S/C33H46F3N3O4S/c1-4-28(38-17-19-39(20-18-38)32(40)22-25-7-5-6-8-25)23-30(21-24(2)3)43-29-13-9-26(10-14-29)37-27-11-15-31(16-12-27)44(41,42)33(34,35)36/h4,11-12,15-16,21,23-26,29,37H,1,5-10,13-14,17-20,22H2,2-3H3/b28-23+,30-21+/t26-,29-. The molecule has 0 atom stereocenters. The molecule has 0 spiro atoms. The van der Waals surface area contributed by atoms with Crippen LogP contribution in [0.25, 0.3) is 0 Å². The van der Waals surface area contributed by atoms with Crippen LogP contribution >= 0.6 is 0 Å². The summed E-state index contributed by atoms with van der Waals surface area (Å²) in [6, 6.07) is 4.82. The lowest BCUT2D eigenvalue weighted by Crippen LogP contribution is -2.48. The van der Waals surface area contributed by atoms with Crippen LogP contribution in [0.3, 0.4) is 0 Å². The highest BCUT2D eigenvalue weighted by atomic mass is 32.2. The van der Waals surface area contributed by atoms with Crippen LogP contribution in [-0.4, -0.2) is 68.0 Å². The van der Waals surface area contributed by atoms with Crippen molar-refractivity contribution in [1.29, 1.82) is 0 Å². The van der Waals surface area contributed by atoms with Crippen LogP contribution in [0.1, 0.15) is 71.6 Å². The molecule has 11 heteroatoms. The number of piperazine rings is 1. The first-order valence-electron chi connectivity index (χ1n) is 15.8. The fourth-order valence-corrected chi connectivity index (χ4v) is 7.06. The van der Waals surface area contributed by atoms with Crippen LogP contribution in [0.4, 0.5) is 18.9 Å². The van der Waals surface area contributed by atoms with Gasteiger partial charge in [0.25, 0.3) is 9.84 Å². The molecule has 7 nitrogen and oxygen atoms in total. The summed E-state index contributed by atoms with van der Waals surface area (Å²) < 4.78 is 68.2. The number of allylic oxidation sites excluding steroid dienone is 3. The third-order valence-corrected chi connectivity index (χ3v) is 10.3. The largest absolute Gasteiger partial charge is 0.501 e. The highest BCUT2D eigenvalue weighted by Gasteiger charge is 2.46. The number of carbonyl (C=O) groups excluding carboxylic acids is 1. The van der Waals surface area contributed by atoms with E-state index in [4.69, 9.17) is 4.74 Å². The summed E-state index contributed by atoms with van der Waals surface area (Å²) in [5, 5.41) is 3.31. The van der Waals surface area contributed by atoms with Crippen molar-refractivity contribution in [3.8, 4) is 0 Å². The Balaban J connectivity index is 1.29. The van der Waals surface area contributed by atoms with Gasteiger partial charge in [-0.2, -0.15) is 13.2 Å². The number of anilines is 1. The number of amides is 1. The number of nitrogens with zero attached hydrogens (tertiary/aromatic N) is 2. The maximum atomic E-state index is 12.8. The third-order valence-electron chi connectivity index (χ3n) is 8.75. The van der Waals surface area contributed by atoms with Crippen molar-refractivity contribution < 1.29 is 31.1 Å². The Labute approximate surface area is 260 Å². The van der Waals surface area contributed by atoms with Gasteiger partial charge in [0.15, 0.2) is 0 Å². The zero-order valence-corrected chi connectivity index (χ0v) is 26.6. The molecule has 3 fully saturated rings.